The number of methoxy groups -OCH3 is 1. The number of anilines is 3. The van der Waals surface area contributed by atoms with E-state index >= 15 is 0 Å². The van der Waals surface area contributed by atoms with Crippen LogP contribution in [0.3, 0.4) is 0 Å². The van der Waals surface area contributed by atoms with Crippen LogP contribution in [-0.2, 0) is 0 Å². The maximum absolute atomic E-state index is 10.8. The van der Waals surface area contributed by atoms with E-state index in [-0.39, 0.29) is 0 Å². The highest BCUT2D eigenvalue weighted by molar-refractivity contribution is 7.14. The Labute approximate surface area is 143 Å². The smallest absolute Gasteiger partial charge is 0.316 e. The van der Waals surface area contributed by atoms with Gasteiger partial charge in [0.15, 0.2) is 5.13 Å². The van der Waals surface area contributed by atoms with Crippen LogP contribution >= 0.6 is 11.3 Å². The Morgan fingerprint density at radius 3 is 2.38 bits per heavy atom. The molecule has 3 aromatic rings. The van der Waals surface area contributed by atoms with Gasteiger partial charge in [-0.25, -0.2) is 9.78 Å². The molecule has 1 aromatic heterocycles. The Balaban J connectivity index is 1.71. The predicted molar refractivity (Wildman–Crippen MR) is 97.0 cm³/mol. The summed E-state index contributed by atoms with van der Waals surface area (Å²) in [5.41, 5.74) is 8.51. The van der Waals surface area contributed by atoms with Crippen LogP contribution in [-0.4, -0.2) is 18.1 Å². The number of benzene rings is 2. The Morgan fingerprint density at radius 1 is 1.08 bits per heavy atom. The van der Waals surface area contributed by atoms with E-state index in [9.17, 15) is 4.79 Å². The summed E-state index contributed by atoms with van der Waals surface area (Å²) in [6.07, 6.45) is 0. The van der Waals surface area contributed by atoms with Crippen molar-refractivity contribution >= 4 is 33.9 Å². The van der Waals surface area contributed by atoms with Crippen molar-refractivity contribution in [2.45, 2.75) is 0 Å². The normalized spacial score (nSPS) is 10.2. The number of aromatic nitrogens is 1. The minimum absolute atomic E-state index is 0.581. The minimum atomic E-state index is -0.581. The molecule has 0 aliphatic rings. The Kier molecular flexibility index (Phi) is 4.62. The molecule has 24 heavy (non-hydrogen) atoms. The Bertz CT molecular complexity index is 829. The molecular weight excluding hydrogens is 324 g/mol. The van der Waals surface area contributed by atoms with E-state index in [2.05, 4.69) is 15.6 Å². The van der Waals surface area contributed by atoms with Crippen molar-refractivity contribution in [2.24, 2.45) is 5.73 Å². The van der Waals surface area contributed by atoms with Crippen molar-refractivity contribution in [3.8, 4) is 17.0 Å². The minimum Gasteiger partial charge on any atom is -0.497 e. The number of carbonyl (C=O) groups excluding carboxylic acids is 1. The zero-order valence-corrected chi connectivity index (χ0v) is 13.8. The van der Waals surface area contributed by atoms with Gasteiger partial charge in [-0.3, -0.25) is 0 Å². The van der Waals surface area contributed by atoms with Gasteiger partial charge >= 0.3 is 6.03 Å². The molecule has 7 heteroatoms. The van der Waals surface area contributed by atoms with Crippen LogP contribution in [0.4, 0.5) is 21.3 Å². The number of hydrogen-bond donors (Lipinski definition) is 3. The van der Waals surface area contributed by atoms with Gasteiger partial charge in [0.25, 0.3) is 0 Å². The molecule has 0 unspecified atom stereocenters. The van der Waals surface area contributed by atoms with E-state index in [1.807, 2.05) is 41.8 Å². The van der Waals surface area contributed by atoms with Crippen LogP contribution in [0.5, 0.6) is 5.75 Å². The van der Waals surface area contributed by atoms with Gasteiger partial charge < -0.3 is 21.1 Å². The summed E-state index contributed by atoms with van der Waals surface area (Å²) >= 11 is 1.52. The molecule has 3 rings (SSSR count). The third kappa shape index (κ3) is 3.82. The molecular formula is C17H16N4O2S. The van der Waals surface area contributed by atoms with E-state index in [4.69, 9.17) is 10.5 Å². The molecule has 1 heterocycles. The summed E-state index contributed by atoms with van der Waals surface area (Å²) < 4.78 is 5.14. The first kappa shape index (κ1) is 15.8. The number of nitrogens with two attached hydrogens (primary N) is 1. The van der Waals surface area contributed by atoms with Gasteiger partial charge in [0.1, 0.15) is 5.75 Å². The fourth-order valence-electron chi connectivity index (χ4n) is 2.13. The molecule has 4 N–H and O–H groups in total. The van der Waals surface area contributed by atoms with E-state index in [0.29, 0.717) is 5.69 Å². The summed E-state index contributed by atoms with van der Waals surface area (Å²) in [5, 5.41) is 8.57. The second-order valence-corrected chi connectivity index (χ2v) is 5.82. The third-order valence-corrected chi connectivity index (χ3v) is 4.05. The number of nitrogens with one attached hydrogen (secondary N) is 2. The van der Waals surface area contributed by atoms with E-state index < -0.39 is 6.03 Å². The zero-order valence-electron chi connectivity index (χ0n) is 12.9. The SMILES string of the molecule is COc1ccc(Nc2nc(-c3ccc(NC(N)=O)cc3)cs2)cc1. The quantitative estimate of drug-likeness (QED) is 0.653. The first-order valence-corrected chi connectivity index (χ1v) is 8.05. The fraction of sp³-hybridized carbons (Fsp3) is 0.0588. The number of amides is 2. The van der Waals surface area contributed by atoms with Gasteiger partial charge in [-0.05, 0) is 36.4 Å². The molecule has 2 aromatic carbocycles. The number of rotatable bonds is 5. The molecule has 0 saturated heterocycles. The molecule has 0 aliphatic carbocycles. The molecule has 0 spiro atoms. The van der Waals surface area contributed by atoms with Crippen molar-refractivity contribution in [2.75, 3.05) is 17.7 Å². The highest BCUT2D eigenvalue weighted by Crippen LogP contribution is 2.28. The summed E-state index contributed by atoms with van der Waals surface area (Å²) in [7, 11) is 1.64. The number of urea groups is 1. The van der Waals surface area contributed by atoms with Gasteiger partial charge in [0.2, 0.25) is 0 Å². The van der Waals surface area contributed by atoms with Gasteiger partial charge in [-0.1, -0.05) is 12.1 Å². The fourth-order valence-corrected chi connectivity index (χ4v) is 2.87. The first-order chi connectivity index (χ1) is 11.6. The van der Waals surface area contributed by atoms with Crippen LogP contribution in [0, 0.1) is 0 Å². The van der Waals surface area contributed by atoms with Gasteiger partial charge in [0, 0.05) is 22.3 Å². The average molecular weight is 340 g/mol. The maximum Gasteiger partial charge on any atom is 0.316 e. The summed E-state index contributed by atoms with van der Waals surface area (Å²) in [6.45, 7) is 0. The number of hydrogen-bond acceptors (Lipinski definition) is 5. The lowest BCUT2D eigenvalue weighted by molar-refractivity contribution is 0.259. The molecule has 6 nitrogen and oxygen atoms in total. The molecule has 2 amide bonds. The van der Waals surface area contributed by atoms with Crippen LogP contribution in [0.1, 0.15) is 0 Å². The van der Waals surface area contributed by atoms with Crippen LogP contribution in [0.2, 0.25) is 0 Å². The summed E-state index contributed by atoms with van der Waals surface area (Å²) in [6, 6.07) is 14.4. The molecule has 0 aliphatic heterocycles. The van der Waals surface area contributed by atoms with Crippen molar-refractivity contribution in [3.05, 3.63) is 53.9 Å². The van der Waals surface area contributed by atoms with E-state index in [0.717, 1.165) is 27.8 Å². The number of nitrogens with zero attached hydrogens (tertiary/aromatic N) is 1. The highest BCUT2D eigenvalue weighted by atomic mass is 32.1. The van der Waals surface area contributed by atoms with Gasteiger partial charge in [-0.15, -0.1) is 11.3 Å². The Morgan fingerprint density at radius 2 is 1.75 bits per heavy atom. The molecule has 0 bridgehead atoms. The van der Waals surface area contributed by atoms with Crippen LogP contribution in [0.15, 0.2) is 53.9 Å². The van der Waals surface area contributed by atoms with E-state index in [1.165, 1.54) is 11.3 Å². The summed E-state index contributed by atoms with van der Waals surface area (Å²) in [4.78, 5) is 15.4. The molecule has 0 fully saturated rings. The van der Waals surface area contributed by atoms with Crippen molar-refractivity contribution < 1.29 is 9.53 Å². The maximum atomic E-state index is 10.8. The van der Waals surface area contributed by atoms with Crippen molar-refractivity contribution in [1.29, 1.82) is 0 Å². The molecule has 0 radical (unpaired) electrons. The lowest BCUT2D eigenvalue weighted by Crippen LogP contribution is -2.19. The predicted octanol–water partition coefficient (Wildman–Crippen LogP) is 4.05. The first-order valence-electron chi connectivity index (χ1n) is 7.17. The molecule has 122 valence electrons. The average Bonchev–Trinajstić information content (AvgIpc) is 3.04. The van der Waals surface area contributed by atoms with Crippen LogP contribution < -0.4 is 21.1 Å². The highest BCUT2D eigenvalue weighted by Gasteiger charge is 2.06. The molecule has 0 atom stereocenters. The third-order valence-electron chi connectivity index (χ3n) is 3.29. The Hall–Kier alpha value is -3.06. The lowest BCUT2D eigenvalue weighted by Gasteiger charge is -2.04. The second kappa shape index (κ2) is 7.01. The standard InChI is InChI=1S/C17H16N4O2S/c1-23-14-8-6-13(7-9-14)20-17-21-15(10-24-17)11-2-4-12(5-3-11)19-16(18)22/h2-10H,1H3,(H,20,21)(H3,18,19,22). The van der Waals surface area contributed by atoms with Crippen LogP contribution in [0.25, 0.3) is 11.3 Å². The van der Waals surface area contributed by atoms with Crippen molar-refractivity contribution in [1.82, 2.24) is 4.98 Å². The van der Waals surface area contributed by atoms with Crippen molar-refractivity contribution in [3.63, 3.8) is 0 Å². The van der Waals surface area contributed by atoms with Gasteiger partial charge in [-0.2, -0.15) is 0 Å². The lowest BCUT2D eigenvalue weighted by atomic mass is 10.1. The number of carbonyl (C=O) groups is 1. The van der Waals surface area contributed by atoms with Gasteiger partial charge in [0.05, 0.1) is 12.8 Å². The van der Waals surface area contributed by atoms with E-state index in [1.54, 1.807) is 19.2 Å². The monoisotopic (exact) mass is 340 g/mol. The molecule has 0 saturated carbocycles. The topological polar surface area (TPSA) is 89.3 Å². The summed E-state index contributed by atoms with van der Waals surface area (Å²) in [5.74, 6) is 0.810. The second-order valence-electron chi connectivity index (χ2n) is 4.96. The number of ether oxygens (including phenoxy) is 1. The number of thiazole rings is 1. The largest absolute Gasteiger partial charge is 0.497 e. The number of primary amides is 1. The zero-order chi connectivity index (χ0) is 16.9.